The Kier molecular flexibility index (Phi) is 6.15. The molecule has 0 bridgehead atoms. The molecule has 4 nitrogen and oxygen atoms in total. The summed E-state index contributed by atoms with van der Waals surface area (Å²) in [7, 11) is 4.11. The molecule has 1 aliphatic heterocycles. The first-order chi connectivity index (χ1) is 14.6. The SMILES string of the molecule is CN(C)c1ccc([C@H](CNC(=O)c2ccccc2)[NH+]2CCc3ccccc3C2)cc1. The minimum Gasteiger partial charge on any atom is -0.378 e. The van der Waals surface area contributed by atoms with E-state index in [-0.39, 0.29) is 11.9 Å². The van der Waals surface area contributed by atoms with Crippen LogP contribution in [-0.4, -0.2) is 33.1 Å². The van der Waals surface area contributed by atoms with Gasteiger partial charge in [0.2, 0.25) is 0 Å². The number of hydrogen-bond acceptors (Lipinski definition) is 2. The van der Waals surface area contributed by atoms with E-state index in [1.807, 2.05) is 30.3 Å². The van der Waals surface area contributed by atoms with Gasteiger partial charge in [-0.1, -0.05) is 54.6 Å². The van der Waals surface area contributed by atoms with E-state index in [4.69, 9.17) is 0 Å². The first-order valence-corrected chi connectivity index (χ1v) is 10.6. The van der Waals surface area contributed by atoms with Gasteiger partial charge in [-0.05, 0) is 29.8 Å². The Morgan fingerprint density at radius 3 is 2.30 bits per heavy atom. The third kappa shape index (κ3) is 4.55. The molecule has 30 heavy (non-hydrogen) atoms. The van der Waals surface area contributed by atoms with Crippen LogP contribution in [0, 0.1) is 0 Å². The summed E-state index contributed by atoms with van der Waals surface area (Å²) >= 11 is 0. The molecule has 3 aromatic carbocycles. The average molecular weight is 401 g/mol. The van der Waals surface area contributed by atoms with Crippen molar-refractivity contribution in [3.05, 3.63) is 101 Å². The number of anilines is 1. The van der Waals surface area contributed by atoms with Gasteiger partial charge in [-0.3, -0.25) is 4.79 Å². The van der Waals surface area contributed by atoms with Gasteiger partial charge in [0, 0.05) is 42.9 Å². The predicted octanol–water partition coefficient (Wildman–Crippen LogP) is 2.86. The third-order valence-corrected chi connectivity index (χ3v) is 6.06. The number of amides is 1. The summed E-state index contributed by atoms with van der Waals surface area (Å²) in [5, 5.41) is 3.19. The van der Waals surface area contributed by atoms with Crippen molar-refractivity contribution in [2.45, 2.75) is 19.0 Å². The molecule has 2 N–H and O–H groups in total. The number of carbonyl (C=O) groups excluding carboxylic acids is 1. The van der Waals surface area contributed by atoms with Gasteiger partial charge >= 0.3 is 0 Å². The molecule has 0 saturated heterocycles. The van der Waals surface area contributed by atoms with E-state index < -0.39 is 0 Å². The van der Waals surface area contributed by atoms with E-state index in [0.29, 0.717) is 12.1 Å². The number of hydrogen-bond donors (Lipinski definition) is 2. The average Bonchev–Trinajstić information content (AvgIpc) is 2.80. The zero-order chi connectivity index (χ0) is 20.9. The lowest BCUT2D eigenvalue weighted by Gasteiger charge is -2.33. The number of rotatable bonds is 6. The van der Waals surface area contributed by atoms with Crippen molar-refractivity contribution in [2.75, 3.05) is 32.1 Å². The first kappa shape index (κ1) is 20.2. The van der Waals surface area contributed by atoms with Crippen LogP contribution >= 0.6 is 0 Å². The number of carbonyl (C=O) groups is 1. The lowest BCUT2D eigenvalue weighted by Crippen LogP contribution is -3.12. The van der Waals surface area contributed by atoms with Gasteiger partial charge in [-0.25, -0.2) is 0 Å². The molecule has 154 valence electrons. The predicted molar refractivity (Wildman–Crippen MR) is 122 cm³/mol. The second-order valence-electron chi connectivity index (χ2n) is 8.22. The van der Waals surface area contributed by atoms with Crippen LogP contribution in [0.2, 0.25) is 0 Å². The van der Waals surface area contributed by atoms with E-state index in [1.54, 1.807) is 0 Å². The van der Waals surface area contributed by atoms with Crippen LogP contribution in [0.1, 0.15) is 33.1 Å². The van der Waals surface area contributed by atoms with Crippen molar-refractivity contribution in [3.63, 3.8) is 0 Å². The summed E-state index contributed by atoms with van der Waals surface area (Å²) < 4.78 is 0. The maximum absolute atomic E-state index is 12.7. The van der Waals surface area contributed by atoms with E-state index in [0.717, 1.165) is 19.5 Å². The lowest BCUT2D eigenvalue weighted by molar-refractivity contribution is -0.945. The molecule has 0 saturated carbocycles. The highest BCUT2D eigenvalue weighted by Gasteiger charge is 2.29. The number of fused-ring (bicyclic) bond motifs is 1. The quantitative estimate of drug-likeness (QED) is 0.668. The van der Waals surface area contributed by atoms with Crippen molar-refractivity contribution in [1.82, 2.24) is 5.32 Å². The molecule has 3 aromatic rings. The van der Waals surface area contributed by atoms with Crippen molar-refractivity contribution >= 4 is 11.6 Å². The fourth-order valence-electron chi connectivity index (χ4n) is 4.29. The molecular formula is C26H30N3O+. The maximum Gasteiger partial charge on any atom is 0.251 e. The smallest absolute Gasteiger partial charge is 0.251 e. The minimum absolute atomic E-state index is 0.0117. The molecule has 2 atom stereocenters. The van der Waals surface area contributed by atoms with Gasteiger partial charge < -0.3 is 15.1 Å². The molecule has 0 spiro atoms. The minimum atomic E-state index is -0.0117. The van der Waals surface area contributed by atoms with Crippen molar-refractivity contribution in [3.8, 4) is 0 Å². The number of nitrogens with one attached hydrogen (secondary N) is 2. The fraction of sp³-hybridized carbons (Fsp3) is 0.269. The van der Waals surface area contributed by atoms with Gasteiger partial charge in [0.1, 0.15) is 12.6 Å². The Morgan fingerprint density at radius 1 is 0.933 bits per heavy atom. The topological polar surface area (TPSA) is 36.8 Å². The van der Waals surface area contributed by atoms with Gasteiger partial charge in [0.05, 0.1) is 13.1 Å². The van der Waals surface area contributed by atoms with E-state index in [1.165, 1.54) is 27.3 Å². The highest BCUT2D eigenvalue weighted by Crippen LogP contribution is 2.18. The van der Waals surface area contributed by atoms with Crippen LogP contribution in [0.3, 0.4) is 0 Å². The normalized spacial score (nSPS) is 16.4. The van der Waals surface area contributed by atoms with Crippen LogP contribution in [0.5, 0.6) is 0 Å². The standard InChI is InChI=1S/C26H29N3O/c1-28(2)24-14-12-21(13-15-24)25(18-27-26(30)22-9-4-3-5-10-22)29-17-16-20-8-6-7-11-23(20)19-29/h3-15,25H,16-19H2,1-2H3,(H,27,30)/p+1/t25-/m0/s1. The highest BCUT2D eigenvalue weighted by molar-refractivity contribution is 5.94. The van der Waals surface area contributed by atoms with Gasteiger partial charge in [-0.15, -0.1) is 0 Å². The molecule has 0 radical (unpaired) electrons. The van der Waals surface area contributed by atoms with Crippen LogP contribution in [-0.2, 0) is 13.0 Å². The molecule has 1 unspecified atom stereocenters. The summed E-state index contributed by atoms with van der Waals surface area (Å²) in [6.07, 6.45) is 1.07. The zero-order valence-corrected chi connectivity index (χ0v) is 17.8. The summed E-state index contributed by atoms with van der Waals surface area (Å²) in [4.78, 5) is 16.3. The molecule has 0 aliphatic carbocycles. The monoisotopic (exact) mass is 400 g/mol. The Labute approximate surface area is 179 Å². The van der Waals surface area contributed by atoms with Gasteiger partial charge in [-0.2, -0.15) is 0 Å². The van der Waals surface area contributed by atoms with E-state index in [9.17, 15) is 4.79 Å². The van der Waals surface area contributed by atoms with E-state index in [2.05, 4.69) is 72.8 Å². The number of quaternary nitrogens is 1. The Balaban J connectivity index is 1.56. The van der Waals surface area contributed by atoms with Gasteiger partial charge in [0.15, 0.2) is 0 Å². The summed E-state index contributed by atoms with van der Waals surface area (Å²) in [5.74, 6) is -0.0117. The Bertz CT molecular complexity index is 983. The first-order valence-electron chi connectivity index (χ1n) is 10.6. The largest absolute Gasteiger partial charge is 0.378 e. The highest BCUT2D eigenvalue weighted by atomic mass is 16.1. The molecule has 4 heteroatoms. The van der Waals surface area contributed by atoms with Crippen LogP contribution in [0.4, 0.5) is 5.69 Å². The van der Waals surface area contributed by atoms with Crippen LogP contribution < -0.4 is 15.1 Å². The van der Waals surface area contributed by atoms with Crippen molar-refractivity contribution in [1.29, 1.82) is 0 Å². The Hall–Kier alpha value is -3.11. The summed E-state index contributed by atoms with van der Waals surface area (Å²) in [6.45, 7) is 2.67. The second-order valence-corrected chi connectivity index (χ2v) is 8.22. The van der Waals surface area contributed by atoms with Crippen LogP contribution in [0.15, 0.2) is 78.9 Å². The van der Waals surface area contributed by atoms with E-state index >= 15 is 0 Å². The van der Waals surface area contributed by atoms with Crippen molar-refractivity contribution < 1.29 is 9.69 Å². The maximum atomic E-state index is 12.7. The number of benzene rings is 3. The third-order valence-electron chi connectivity index (χ3n) is 6.06. The summed E-state index contributed by atoms with van der Waals surface area (Å²) in [6, 6.07) is 27.2. The molecule has 1 amide bonds. The molecule has 1 heterocycles. The van der Waals surface area contributed by atoms with Crippen LogP contribution in [0.25, 0.3) is 0 Å². The molecule has 0 aromatic heterocycles. The van der Waals surface area contributed by atoms with Crippen molar-refractivity contribution in [2.24, 2.45) is 0 Å². The molecule has 0 fully saturated rings. The Morgan fingerprint density at radius 2 is 1.60 bits per heavy atom. The lowest BCUT2D eigenvalue weighted by atomic mass is 9.96. The summed E-state index contributed by atoms with van der Waals surface area (Å²) in [5.41, 5.74) is 6.03. The molecule has 1 aliphatic rings. The number of nitrogens with zero attached hydrogens (tertiary/aromatic N) is 1. The molecule has 4 rings (SSSR count). The zero-order valence-electron chi connectivity index (χ0n) is 17.8. The fourth-order valence-corrected chi connectivity index (χ4v) is 4.29. The molecular weight excluding hydrogens is 370 g/mol. The van der Waals surface area contributed by atoms with Gasteiger partial charge in [0.25, 0.3) is 5.91 Å². The second kappa shape index (κ2) is 9.14.